The SMILES string of the molecule is CCC[C@]1(C(=O)N2CC[C@H]3c4ccc(C(F)(C(F)(F)F)C(F)(F)F)cc4CC[C@H]32)CC[C@@H](C(=O)O)[C@H](C)C1. The van der Waals surface area contributed by atoms with Gasteiger partial charge in [-0.1, -0.05) is 38.5 Å². The van der Waals surface area contributed by atoms with E-state index in [-0.39, 0.29) is 35.8 Å². The molecule has 2 fully saturated rings. The highest BCUT2D eigenvalue weighted by atomic mass is 19.4. The minimum atomic E-state index is -6.17. The van der Waals surface area contributed by atoms with Gasteiger partial charge >= 0.3 is 24.0 Å². The molecule has 0 bridgehead atoms. The highest BCUT2D eigenvalue weighted by molar-refractivity contribution is 5.84. The third-order valence-electron chi connectivity index (χ3n) is 9.07. The number of alkyl halides is 7. The van der Waals surface area contributed by atoms with Crippen molar-refractivity contribution in [3.63, 3.8) is 0 Å². The van der Waals surface area contributed by atoms with E-state index in [4.69, 9.17) is 0 Å². The Hall–Kier alpha value is -2.33. The molecule has 1 aliphatic heterocycles. The number of fused-ring (bicyclic) bond motifs is 3. The lowest BCUT2D eigenvalue weighted by Crippen LogP contribution is -2.51. The van der Waals surface area contributed by atoms with E-state index in [0.717, 1.165) is 12.5 Å². The summed E-state index contributed by atoms with van der Waals surface area (Å²) in [6.45, 7) is 4.22. The molecule has 1 saturated heterocycles. The third kappa shape index (κ3) is 4.47. The summed E-state index contributed by atoms with van der Waals surface area (Å²) in [4.78, 5) is 27.4. The van der Waals surface area contributed by atoms with Crippen LogP contribution in [0, 0.1) is 17.3 Å². The molecular formula is C27H32F7NO3. The van der Waals surface area contributed by atoms with Crippen LogP contribution in [0.15, 0.2) is 18.2 Å². The number of likely N-dealkylation sites (tertiary alicyclic amines) is 1. The van der Waals surface area contributed by atoms with Gasteiger partial charge in [0.1, 0.15) is 0 Å². The van der Waals surface area contributed by atoms with Crippen molar-refractivity contribution in [3.05, 3.63) is 34.9 Å². The maximum atomic E-state index is 14.6. The van der Waals surface area contributed by atoms with Crippen molar-refractivity contribution >= 4 is 11.9 Å². The summed E-state index contributed by atoms with van der Waals surface area (Å²) in [6.07, 6.45) is -8.69. The predicted molar refractivity (Wildman–Crippen MR) is 124 cm³/mol. The molecule has 212 valence electrons. The van der Waals surface area contributed by atoms with Gasteiger partial charge < -0.3 is 10.0 Å². The normalized spacial score (nSPS) is 30.1. The first-order chi connectivity index (χ1) is 17.6. The number of aliphatic carboxylic acids is 1. The number of halogens is 7. The van der Waals surface area contributed by atoms with Crippen molar-refractivity contribution < 1.29 is 45.4 Å². The lowest BCUT2D eigenvalue weighted by atomic mass is 9.63. The van der Waals surface area contributed by atoms with Gasteiger partial charge in [0.2, 0.25) is 5.91 Å². The number of hydrogen-bond donors (Lipinski definition) is 1. The second-order valence-corrected chi connectivity index (χ2v) is 11.3. The van der Waals surface area contributed by atoms with Crippen LogP contribution >= 0.6 is 0 Å². The Bertz CT molecular complexity index is 1070. The molecule has 1 heterocycles. The standard InChI is InChI=1S/C27H32F7NO3/c1-3-10-24(11-8-18(22(36)37)15(2)14-24)23(38)35-12-9-20-19-6-5-17(13-16(19)4-7-21(20)35)25(28,26(29,30)31)27(32,33)34/h5-6,13,15,18,20-21H,3-4,7-12,14H2,1-2H3,(H,36,37)/t15-,18-,20+,21-,24+/m1/s1. The Balaban J connectivity index is 1.61. The monoisotopic (exact) mass is 551 g/mol. The molecule has 0 spiro atoms. The quantitative estimate of drug-likeness (QED) is 0.405. The predicted octanol–water partition coefficient (Wildman–Crippen LogP) is 6.91. The topological polar surface area (TPSA) is 57.6 Å². The van der Waals surface area contributed by atoms with Crippen molar-refractivity contribution in [1.29, 1.82) is 0 Å². The Morgan fingerprint density at radius 2 is 1.71 bits per heavy atom. The molecule has 1 saturated carbocycles. The summed E-state index contributed by atoms with van der Waals surface area (Å²) < 4.78 is 94.3. The van der Waals surface area contributed by atoms with Crippen molar-refractivity contribution in [3.8, 4) is 0 Å². The maximum absolute atomic E-state index is 14.6. The summed E-state index contributed by atoms with van der Waals surface area (Å²) in [5.41, 5.74) is -6.84. The molecule has 0 unspecified atom stereocenters. The first kappa shape index (κ1) is 28.7. The smallest absolute Gasteiger partial charge is 0.435 e. The number of rotatable bonds is 5. The summed E-state index contributed by atoms with van der Waals surface area (Å²) >= 11 is 0. The third-order valence-corrected chi connectivity index (χ3v) is 9.07. The second-order valence-electron chi connectivity index (χ2n) is 11.3. The summed E-state index contributed by atoms with van der Waals surface area (Å²) in [7, 11) is 0. The Morgan fingerprint density at radius 3 is 2.26 bits per heavy atom. The summed E-state index contributed by atoms with van der Waals surface area (Å²) in [6, 6.07) is 2.15. The van der Waals surface area contributed by atoms with Crippen LogP contribution in [-0.2, 0) is 21.7 Å². The van der Waals surface area contributed by atoms with Crippen LogP contribution in [0.5, 0.6) is 0 Å². The van der Waals surface area contributed by atoms with E-state index in [1.165, 1.54) is 0 Å². The van der Waals surface area contributed by atoms with Crippen molar-refractivity contribution in [1.82, 2.24) is 4.90 Å². The summed E-state index contributed by atoms with van der Waals surface area (Å²) in [5, 5.41) is 9.52. The number of carbonyl (C=O) groups is 2. The molecule has 5 atom stereocenters. The fourth-order valence-corrected chi connectivity index (χ4v) is 7.27. The average molecular weight is 552 g/mol. The lowest BCUT2D eigenvalue weighted by Gasteiger charge is -2.45. The number of hydrogen-bond acceptors (Lipinski definition) is 2. The molecule has 1 N–H and O–H groups in total. The van der Waals surface area contributed by atoms with Gasteiger partial charge in [-0.3, -0.25) is 9.59 Å². The molecule has 4 nitrogen and oxygen atoms in total. The second kappa shape index (κ2) is 9.70. The Morgan fingerprint density at radius 1 is 1.05 bits per heavy atom. The van der Waals surface area contributed by atoms with Crippen molar-refractivity contribution in [2.45, 2.75) is 95.2 Å². The Labute approximate surface area is 216 Å². The van der Waals surface area contributed by atoms with Crippen LogP contribution < -0.4 is 0 Å². The first-order valence-corrected chi connectivity index (χ1v) is 13.1. The molecule has 2 aliphatic carbocycles. The zero-order valence-electron chi connectivity index (χ0n) is 21.3. The van der Waals surface area contributed by atoms with Gasteiger partial charge in [-0.2, -0.15) is 26.3 Å². The van der Waals surface area contributed by atoms with Crippen LogP contribution in [0.1, 0.15) is 81.4 Å². The van der Waals surface area contributed by atoms with Gasteiger partial charge in [-0.05, 0) is 62.0 Å². The van der Waals surface area contributed by atoms with E-state index in [0.29, 0.717) is 62.8 Å². The van der Waals surface area contributed by atoms with E-state index >= 15 is 0 Å². The van der Waals surface area contributed by atoms with E-state index in [1.807, 2.05) is 13.8 Å². The van der Waals surface area contributed by atoms with Gasteiger partial charge in [-0.25, -0.2) is 4.39 Å². The highest BCUT2D eigenvalue weighted by Gasteiger charge is 2.73. The minimum absolute atomic E-state index is 0.0421. The summed E-state index contributed by atoms with van der Waals surface area (Å²) in [5.74, 6) is -1.86. The minimum Gasteiger partial charge on any atom is -0.481 e. The van der Waals surface area contributed by atoms with Gasteiger partial charge in [-0.15, -0.1) is 0 Å². The number of amides is 1. The van der Waals surface area contributed by atoms with Crippen molar-refractivity contribution in [2.75, 3.05) is 6.54 Å². The molecule has 38 heavy (non-hydrogen) atoms. The molecule has 1 aromatic carbocycles. The number of benzene rings is 1. The molecular weight excluding hydrogens is 519 g/mol. The average Bonchev–Trinajstić information content (AvgIpc) is 3.25. The fraction of sp³-hybridized carbons (Fsp3) is 0.704. The molecule has 0 radical (unpaired) electrons. The molecule has 3 aliphatic rings. The number of carboxylic acids is 1. The molecule has 4 rings (SSSR count). The molecule has 1 amide bonds. The largest absolute Gasteiger partial charge is 0.481 e. The number of carbonyl (C=O) groups excluding carboxylic acids is 1. The van der Waals surface area contributed by atoms with Crippen LogP contribution in [0.2, 0.25) is 0 Å². The van der Waals surface area contributed by atoms with Gasteiger partial charge in [0.25, 0.3) is 0 Å². The number of aryl methyl sites for hydroxylation is 1. The zero-order chi connectivity index (χ0) is 28.3. The van der Waals surface area contributed by atoms with Crippen LogP contribution in [0.25, 0.3) is 0 Å². The molecule has 11 heteroatoms. The Kier molecular flexibility index (Phi) is 7.32. The molecule has 1 aromatic rings. The number of nitrogens with zero attached hydrogens (tertiary/aromatic N) is 1. The number of carboxylic acid groups (broad SMARTS) is 1. The van der Waals surface area contributed by atoms with Gasteiger partial charge in [0.15, 0.2) is 0 Å². The van der Waals surface area contributed by atoms with Crippen LogP contribution in [0.3, 0.4) is 0 Å². The van der Waals surface area contributed by atoms with E-state index in [9.17, 15) is 45.4 Å². The maximum Gasteiger partial charge on any atom is 0.435 e. The first-order valence-electron chi connectivity index (χ1n) is 13.1. The zero-order valence-corrected chi connectivity index (χ0v) is 21.3. The van der Waals surface area contributed by atoms with E-state index in [1.54, 1.807) is 4.90 Å². The van der Waals surface area contributed by atoms with Gasteiger partial charge in [0.05, 0.1) is 5.92 Å². The van der Waals surface area contributed by atoms with Crippen molar-refractivity contribution in [2.24, 2.45) is 17.3 Å². The fourth-order valence-electron chi connectivity index (χ4n) is 7.27. The highest BCUT2D eigenvalue weighted by Crippen LogP contribution is 2.55. The van der Waals surface area contributed by atoms with Gasteiger partial charge in [0, 0.05) is 29.5 Å². The van der Waals surface area contributed by atoms with E-state index < -0.39 is 40.9 Å². The lowest BCUT2D eigenvalue weighted by molar-refractivity contribution is -0.348. The van der Waals surface area contributed by atoms with Crippen LogP contribution in [0.4, 0.5) is 30.7 Å². The van der Waals surface area contributed by atoms with E-state index in [2.05, 4.69) is 0 Å². The molecule has 0 aromatic heterocycles. The van der Waals surface area contributed by atoms with Crippen LogP contribution in [-0.4, -0.2) is 46.8 Å².